The van der Waals surface area contributed by atoms with Crippen LogP contribution in [0.2, 0.25) is 0 Å². The van der Waals surface area contributed by atoms with Gasteiger partial charge in [-0.3, -0.25) is 9.59 Å². The van der Waals surface area contributed by atoms with Gasteiger partial charge in [0, 0.05) is 49.6 Å². The molecule has 2 atom stereocenters. The van der Waals surface area contributed by atoms with E-state index in [1.54, 1.807) is 4.90 Å². The standard InChI is InChI=1S/C25H35N5O2/c1-17(2)28-11-10-19(15-28)24-21(14-27-30(24)22-8-6-5-7-9-22)13-26-25(32)20-12-23(31)29(16-20)18(3)4/h5-9,14,17-20H,10-13,15-16H2,1-4H3,(H,26,32)/t19-,20-/m1/s1. The molecule has 2 aromatic rings. The fourth-order valence-corrected chi connectivity index (χ4v) is 4.95. The Bertz CT molecular complexity index is 952. The summed E-state index contributed by atoms with van der Waals surface area (Å²) in [4.78, 5) is 29.4. The summed E-state index contributed by atoms with van der Waals surface area (Å²) in [6.45, 7) is 11.5. The van der Waals surface area contributed by atoms with Gasteiger partial charge >= 0.3 is 0 Å². The van der Waals surface area contributed by atoms with Crippen LogP contribution in [0.1, 0.15) is 57.7 Å². The van der Waals surface area contributed by atoms with E-state index >= 15 is 0 Å². The number of para-hydroxylation sites is 1. The Morgan fingerprint density at radius 2 is 1.88 bits per heavy atom. The topological polar surface area (TPSA) is 70.5 Å². The number of aromatic nitrogens is 2. The van der Waals surface area contributed by atoms with Gasteiger partial charge < -0.3 is 15.1 Å². The highest BCUT2D eigenvalue weighted by atomic mass is 16.2. The van der Waals surface area contributed by atoms with Crippen LogP contribution in [-0.2, 0) is 16.1 Å². The Kier molecular flexibility index (Phi) is 6.65. The molecule has 2 amide bonds. The summed E-state index contributed by atoms with van der Waals surface area (Å²) in [5.74, 6) is 0.115. The zero-order valence-corrected chi connectivity index (χ0v) is 19.6. The third-order valence-electron chi connectivity index (χ3n) is 6.83. The molecule has 172 valence electrons. The van der Waals surface area contributed by atoms with Crippen molar-refractivity contribution in [3.63, 3.8) is 0 Å². The number of hydrogen-bond donors (Lipinski definition) is 1. The van der Waals surface area contributed by atoms with E-state index < -0.39 is 0 Å². The van der Waals surface area contributed by atoms with E-state index in [9.17, 15) is 9.59 Å². The number of nitrogens with one attached hydrogen (secondary N) is 1. The maximum absolute atomic E-state index is 12.9. The monoisotopic (exact) mass is 437 g/mol. The molecule has 7 nitrogen and oxygen atoms in total. The lowest BCUT2D eigenvalue weighted by atomic mass is 10.00. The smallest absolute Gasteiger partial charge is 0.225 e. The quantitative estimate of drug-likeness (QED) is 0.723. The van der Waals surface area contributed by atoms with Crippen LogP contribution in [0, 0.1) is 5.92 Å². The van der Waals surface area contributed by atoms with Gasteiger partial charge in [-0.05, 0) is 52.8 Å². The summed E-state index contributed by atoms with van der Waals surface area (Å²) in [7, 11) is 0. The highest BCUT2D eigenvalue weighted by Crippen LogP contribution is 2.32. The van der Waals surface area contributed by atoms with Crippen molar-refractivity contribution in [1.29, 1.82) is 0 Å². The number of carbonyl (C=O) groups excluding carboxylic acids is 2. The molecule has 0 unspecified atom stereocenters. The number of nitrogens with zero attached hydrogens (tertiary/aromatic N) is 4. The second-order valence-corrected chi connectivity index (χ2v) is 9.64. The van der Waals surface area contributed by atoms with Crippen molar-refractivity contribution in [2.75, 3.05) is 19.6 Å². The number of benzene rings is 1. The van der Waals surface area contributed by atoms with Crippen molar-refractivity contribution in [1.82, 2.24) is 24.9 Å². The van der Waals surface area contributed by atoms with Crippen molar-refractivity contribution in [2.24, 2.45) is 5.92 Å². The minimum atomic E-state index is -0.277. The molecule has 3 heterocycles. The largest absolute Gasteiger partial charge is 0.352 e. The van der Waals surface area contributed by atoms with Crippen molar-refractivity contribution < 1.29 is 9.59 Å². The third kappa shape index (κ3) is 4.58. The molecule has 0 saturated carbocycles. The Morgan fingerprint density at radius 1 is 1.12 bits per heavy atom. The summed E-state index contributed by atoms with van der Waals surface area (Å²) >= 11 is 0. The van der Waals surface area contributed by atoms with Crippen molar-refractivity contribution in [2.45, 2.75) is 65.1 Å². The fourth-order valence-electron chi connectivity index (χ4n) is 4.95. The number of likely N-dealkylation sites (tertiary alicyclic amines) is 2. The van der Waals surface area contributed by atoms with E-state index in [1.807, 2.05) is 42.9 Å². The van der Waals surface area contributed by atoms with E-state index in [-0.39, 0.29) is 23.8 Å². The molecular weight excluding hydrogens is 402 g/mol. The molecule has 0 aliphatic carbocycles. The Labute approximate surface area is 190 Å². The second-order valence-electron chi connectivity index (χ2n) is 9.64. The van der Waals surface area contributed by atoms with Gasteiger partial charge in [0.25, 0.3) is 0 Å². The molecular formula is C25H35N5O2. The lowest BCUT2D eigenvalue weighted by Gasteiger charge is -2.21. The van der Waals surface area contributed by atoms with Crippen LogP contribution in [0.4, 0.5) is 0 Å². The molecule has 0 bridgehead atoms. The van der Waals surface area contributed by atoms with Gasteiger partial charge in [0.1, 0.15) is 0 Å². The molecule has 2 aliphatic rings. The lowest BCUT2D eigenvalue weighted by Crippen LogP contribution is -2.35. The number of rotatable bonds is 7. The molecule has 0 radical (unpaired) electrons. The first-order valence-electron chi connectivity index (χ1n) is 11.8. The minimum absolute atomic E-state index is 0.0462. The Balaban J connectivity index is 1.52. The van der Waals surface area contributed by atoms with E-state index in [4.69, 9.17) is 5.10 Å². The zero-order valence-electron chi connectivity index (χ0n) is 19.6. The van der Waals surface area contributed by atoms with Gasteiger partial charge in [-0.2, -0.15) is 5.10 Å². The van der Waals surface area contributed by atoms with Crippen LogP contribution in [0.15, 0.2) is 36.5 Å². The number of carbonyl (C=O) groups is 2. The van der Waals surface area contributed by atoms with E-state index in [0.29, 0.717) is 31.5 Å². The molecule has 1 aromatic heterocycles. The predicted octanol–water partition coefficient (Wildman–Crippen LogP) is 2.94. The van der Waals surface area contributed by atoms with Crippen LogP contribution in [0.25, 0.3) is 5.69 Å². The van der Waals surface area contributed by atoms with Gasteiger partial charge in [0.2, 0.25) is 11.8 Å². The highest BCUT2D eigenvalue weighted by Gasteiger charge is 2.36. The second kappa shape index (κ2) is 9.45. The third-order valence-corrected chi connectivity index (χ3v) is 6.83. The number of hydrogen-bond acceptors (Lipinski definition) is 4. The SMILES string of the molecule is CC(C)N1CC[C@@H](c2c(CNC(=O)[C@@H]3CC(=O)N(C(C)C)C3)cnn2-c2ccccc2)C1. The first-order valence-corrected chi connectivity index (χ1v) is 11.8. The lowest BCUT2D eigenvalue weighted by molar-refractivity contribution is -0.130. The van der Waals surface area contributed by atoms with Gasteiger partial charge in [0.05, 0.1) is 23.5 Å². The molecule has 32 heavy (non-hydrogen) atoms. The van der Waals surface area contributed by atoms with E-state index in [2.05, 4.69) is 36.2 Å². The van der Waals surface area contributed by atoms with Crippen LogP contribution < -0.4 is 5.32 Å². The maximum atomic E-state index is 12.9. The molecule has 0 spiro atoms. The highest BCUT2D eigenvalue weighted by molar-refractivity contribution is 5.89. The van der Waals surface area contributed by atoms with Gasteiger partial charge in [-0.15, -0.1) is 0 Å². The predicted molar refractivity (Wildman–Crippen MR) is 124 cm³/mol. The Hall–Kier alpha value is -2.67. The van der Waals surface area contributed by atoms with Crippen molar-refractivity contribution in [3.8, 4) is 5.69 Å². The molecule has 2 saturated heterocycles. The number of amides is 2. The van der Waals surface area contributed by atoms with Crippen LogP contribution in [-0.4, -0.2) is 63.1 Å². The summed E-state index contributed by atoms with van der Waals surface area (Å²) in [6, 6.07) is 10.8. The molecule has 2 fully saturated rings. The minimum Gasteiger partial charge on any atom is -0.352 e. The summed E-state index contributed by atoms with van der Waals surface area (Å²) < 4.78 is 2.04. The average molecular weight is 438 g/mol. The Morgan fingerprint density at radius 3 is 2.50 bits per heavy atom. The van der Waals surface area contributed by atoms with Gasteiger partial charge in [-0.1, -0.05) is 18.2 Å². The molecule has 1 N–H and O–H groups in total. The maximum Gasteiger partial charge on any atom is 0.225 e. The summed E-state index contributed by atoms with van der Waals surface area (Å²) in [5, 5.41) is 7.81. The van der Waals surface area contributed by atoms with Gasteiger partial charge in [0.15, 0.2) is 0 Å². The van der Waals surface area contributed by atoms with Crippen LogP contribution >= 0.6 is 0 Å². The van der Waals surface area contributed by atoms with E-state index in [0.717, 1.165) is 30.8 Å². The summed E-state index contributed by atoms with van der Waals surface area (Å²) in [6.07, 6.45) is 3.27. The fraction of sp³-hybridized carbons (Fsp3) is 0.560. The van der Waals surface area contributed by atoms with E-state index in [1.165, 1.54) is 5.69 Å². The zero-order chi connectivity index (χ0) is 22.8. The average Bonchev–Trinajstić information content (AvgIpc) is 3.50. The van der Waals surface area contributed by atoms with Crippen molar-refractivity contribution >= 4 is 11.8 Å². The molecule has 2 aliphatic heterocycles. The normalized spacial score (nSPS) is 21.8. The van der Waals surface area contributed by atoms with Crippen molar-refractivity contribution in [3.05, 3.63) is 47.8 Å². The first-order chi connectivity index (χ1) is 15.3. The first kappa shape index (κ1) is 22.5. The van der Waals surface area contributed by atoms with Gasteiger partial charge in [-0.25, -0.2) is 4.68 Å². The molecule has 4 rings (SSSR count). The molecule has 7 heteroatoms. The summed E-state index contributed by atoms with van der Waals surface area (Å²) in [5.41, 5.74) is 3.28. The molecule has 1 aromatic carbocycles. The van der Waals surface area contributed by atoms with Crippen LogP contribution in [0.5, 0.6) is 0 Å². The van der Waals surface area contributed by atoms with Crippen LogP contribution in [0.3, 0.4) is 0 Å².